The molecule has 6 heteroatoms. The maximum Gasteiger partial charge on any atom is 0.253 e. The molecular formula is C17H9Cl2NO3. The second kappa shape index (κ2) is 5.41. The number of benzene rings is 2. The summed E-state index contributed by atoms with van der Waals surface area (Å²) < 4.78 is 10.7. The highest BCUT2D eigenvalue weighted by atomic mass is 35.5. The molecule has 2 heterocycles. The van der Waals surface area contributed by atoms with E-state index in [2.05, 4.69) is 4.98 Å². The van der Waals surface area contributed by atoms with E-state index in [0.29, 0.717) is 38.7 Å². The van der Waals surface area contributed by atoms with E-state index >= 15 is 0 Å². The van der Waals surface area contributed by atoms with Crippen LogP contribution < -0.4 is 9.47 Å². The second-order valence-electron chi connectivity index (χ2n) is 5.06. The predicted octanol–water partition coefficient (Wildman–Crippen LogP) is 4.66. The van der Waals surface area contributed by atoms with Crippen LogP contribution in [-0.2, 0) is 0 Å². The molecule has 2 aromatic carbocycles. The number of carbonyl (C=O) groups excluding carboxylic acids is 1. The van der Waals surface area contributed by atoms with Gasteiger partial charge in [0.1, 0.15) is 0 Å². The van der Waals surface area contributed by atoms with Gasteiger partial charge < -0.3 is 9.47 Å². The summed E-state index contributed by atoms with van der Waals surface area (Å²) in [4.78, 5) is 16.4. The molecule has 0 radical (unpaired) electrons. The number of ether oxygens (including phenoxy) is 2. The molecule has 0 aliphatic carbocycles. The van der Waals surface area contributed by atoms with Crippen LogP contribution in [-0.4, -0.2) is 17.0 Å². The third kappa shape index (κ3) is 2.50. The number of halogens is 2. The minimum atomic E-state index is -0.554. The normalized spacial score (nSPS) is 12.6. The fourth-order valence-corrected chi connectivity index (χ4v) is 2.89. The van der Waals surface area contributed by atoms with Gasteiger partial charge in [-0.25, -0.2) is 4.98 Å². The number of hydrogen-bond acceptors (Lipinski definition) is 4. The highest BCUT2D eigenvalue weighted by molar-refractivity contribution is 6.68. The molecule has 0 spiro atoms. The Bertz CT molecular complexity index is 956. The van der Waals surface area contributed by atoms with Gasteiger partial charge in [-0.15, -0.1) is 0 Å². The van der Waals surface area contributed by atoms with Crippen LogP contribution in [0.1, 0.15) is 10.4 Å². The Kier molecular flexibility index (Phi) is 3.36. The van der Waals surface area contributed by atoms with Crippen LogP contribution in [0.3, 0.4) is 0 Å². The lowest BCUT2D eigenvalue weighted by Gasteiger charge is -2.08. The summed E-state index contributed by atoms with van der Waals surface area (Å²) in [7, 11) is 0. The molecule has 0 N–H and O–H groups in total. The molecule has 1 aliphatic heterocycles. The van der Waals surface area contributed by atoms with Crippen molar-refractivity contribution in [2.45, 2.75) is 0 Å². The molecule has 0 saturated heterocycles. The molecule has 3 aromatic rings. The third-order valence-corrected chi connectivity index (χ3v) is 4.09. The Morgan fingerprint density at radius 3 is 2.70 bits per heavy atom. The zero-order valence-corrected chi connectivity index (χ0v) is 13.2. The van der Waals surface area contributed by atoms with Crippen molar-refractivity contribution >= 4 is 39.3 Å². The van der Waals surface area contributed by atoms with Crippen molar-refractivity contribution < 1.29 is 14.3 Å². The van der Waals surface area contributed by atoms with Crippen LogP contribution in [0.25, 0.3) is 22.2 Å². The van der Waals surface area contributed by atoms with E-state index in [0.717, 1.165) is 5.56 Å². The van der Waals surface area contributed by atoms with Gasteiger partial charge >= 0.3 is 0 Å². The lowest BCUT2D eigenvalue weighted by Crippen LogP contribution is -1.96. The van der Waals surface area contributed by atoms with Crippen molar-refractivity contribution in [2.24, 2.45) is 0 Å². The van der Waals surface area contributed by atoms with Gasteiger partial charge in [0.25, 0.3) is 5.24 Å². The Balaban J connectivity index is 1.94. The van der Waals surface area contributed by atoms with E-state index in [1.54, 1.807) is 24.3 Å². The van der Waals surface area contributed by atoms with Gasteiger partial charge in [-0.2, -0.15) is 0 Å². The van der Waals surface area contributed by atoms with E-state index in [4.69, 9.17) is 32.7 Å². The number of fused-ring (bicyclic) bond motifs is 2. The lowest BCUT2D eigenvalue weighted by molar-refractivity contribution is 0.108. The largest absolute Gasteiger partial charge is 0.454 e. The molecule has 1 aromatic heterocycles. The van der Waals surface area contributed by atoms with Crippen molar-refractivity contribution in [1.29, 1.82) is 0 Å². The lowest BCUT2D eigenvalue weighted by atomic mass is 10.0. The molecule has 114 valence electrons. The van der Waals surface area contributed by atoms with Crippen molar-refractivity contribution in [3.63, 3.8) is 0 Å². The molecule has 0 unspecified atom stereocenters. The standard InChI is InChI=1S/C17H9Cl2NO3/c18-10-2-3-13-11(6-10)12(17(19)21)7-14(20-13)9-1-4-15-16(5-9)23-8-22-15/h1-7H,8H2. The van der Waals surface area contributed by atoms with Crippen molar-refractivity contribution in [3.8, 4) is 22.8 Å². The summed E-state index contributed by atoms with van der Waals surface area (Å²) in [6.07, 6.45) is 0. The number of rotatable bonds is 2. The first-order valence-electron chi connectivity index (χ1n) is 6.82. The fraction of sp³-hybridized carbons (Fsp3) is 0.0588. The maximum absolute atomic E-state index is 11.8. The molecule has 23 heavy (non-hydrogen) atoms. The Hall–Kier alpha value is -2.30. The van der Waals surface area contributed by atoms with Crippen LogP contribution in [0.15, 0.2) is 42.5 Å². The zero-order chi connectivity index (χ0) is 16.0. The molecule has 0 saturated carbocycles. The van der Waals surface area contributed by atoms with E-state index in [9.17, 15) is 4.79 Å². The second-order valence-corrected chi connectivity index (χ2v) is 5.84. The van der Waals surface area contributed by atoms with E-state index in [1.807, 2.05) is 18.2 Å². The van der Waals surface area contributed by atoms with Crippen molar-refractivity contribution in [3.05, 3.63) is 53.1 Å². The highest BCUT2D eigenvalue weighted by Gasteiger charge is 2.17. The van der Waals surface area contributed by atoms with Crippen LogP contribution in [0.2, 0.25) is 5.02 Å². The first-order valence-corrected chi connectivity index (χ1v) is 7.57. The summed E-state index contributed by atoms with van der Waals surface area (Å²) in [6.45, 7) is 0.202. The molecule has 4 rings (SSSR count). The minimum absolute atomic E-state index is 0.202. The van der Waals surface area contributed by atoms with Crippen LogP contribution >= 0.6 is 23.2 Å². The molecule has 0 fully saturated rings. The summed E-state index contributed by atoms with van der Waals surface area (Å²) in [5.41, 5.74) is 2.45. The number of nitrogens with zero attached hydrogens (tertiary/aromatic N) is 1. The Morgan fingerprint density at radius 2 is 1.87 bits per heavy atom. The van der Waals surface area contributed by atoms with Crippen molar-refractivity contribution in [2.75, 3.05) is 6.79 Å². The SMILES string of the molecule is O=C(Cl)c1cc(-c2ccc3c(c2)OCO3)nc2ccc(Cl)cc12. The topological polar surface area (TPSA) is 48.4 Å². The fourth-order valence-electron chi connectivity index (χ4n) is 2.56. The molecule has 1 aliphatic rings. The number of aromatic nitrogens is 1. The van der Waals surface area contributed by atoms with E-state index < -0.39 is 5.24 Å². The molecule has 4 nitrogen and oxygen atoms in total. The van der Waals surface area contributed by atoms with Gasteiger partial charge in [0.05, 0.1) is 11.2 Å². The number of carbonyl (C=O) groups is 1. The van der Waals surface area contributed by atoms with Gasteiger partial charge in [-0.3, -0.25) is 4.79 Å². The molecule has 0 atom stereocenters. The quantitative estimate of drug-likeness (QED) is 0.633. The smallest absolute Gasteiger partial charge is 0.253 e. The summed E-state index contributed by atoms with van der Waals surface area (Å²) in [5, 5.41) is 0.595. The van der Waals surface area contributed by atoms with E-state index in [1.165, 1.54) is 0 Å². The number of hydrogen-bond donors (Lipinski definition) is 0. The first kappa shape index (κ1) is 14.3. The Morgan fingerprint density at radius 1 is 1.04 bits per heavy atom. The highest BCUT2D eigenvalue weighted by Crippen LogP contribution is 2.36. The van der Waals surface area contributed by atoms with Gasteiger partial charge in [0, 0.05) is 21.5 Å². The average Bonchev–Trinajstić information content (AvgIpc) is 3.01. The molecular weight excluding hydrogens is 337 g/mol. The minimum Gasteiger partial charge on any atom is -0.454 e. The third-order valence-electron chi connectivity index (χ3n) is 3.65. The zero-order valence-electron chi connectivity index (χ0n) is 11.7. The molecule has 0 bridgehead atoms. The van der Waals surface area contributed by atoms with Gasteiger partial charge in [-0.1, -0.05) is 11.6 Å². The summed E-state index contributed by atoms with van der Waals surface area (Å²) in [6, 6.07) is 12.3. The average molecular weight is 346 g/mol. The maximum atomic E-state index is 11.8. The Labute approximate surface area is 141 Å². The first-order chi connectivity index (χ1) is 11.1. The van der Waals surface area contributed by atoms with Crippen molar-refractivity contribution in [1.82, 2.24) is 4.98 Å². The van der Waals surface area contributed by atoms with Crippen LogP contribution in [0.4, 0.5) is 0 Å². The van der Waals surface area contributed by atoms with Gasteiger partial charge in [0.15, 0.2) is 11.5 Å². The van der Waals surface area contributed by atoms with Gasteiger partial charge in [0.2, 0.25) is 6.79 Å². The monoisotopic (exact) mass is 345 g/mol. The summed E-state index contributed by atoms with van der Waals surface area (Å²) >= 11 is 11.7. The van der Waals surface area contributed by atoms with Crippen LogP contribution in [0.5, 0.6) is 11.5 Å². The molecule has 0 amide bonds. The predicted molar refractivity (Wildman–Crippen MR) is 88.5 cm³/mol. The van der Waals surface area contributed by atoms with E-state index in [-0.39, 0.29) is 6.79 Å². The number of pyridine rings is 1. The summed E-state index contributed by atoms with van der Waals surface area (Å²) in [5.74, 6) is 1.34. The van der Waals surface area contributed by atoms with Gasteiger partial charge in [-0.05, 0) is 54.1 Å². The van der Waals surface area contributed by atoms with Crippen LogP contribution in [0, 0.1) is 0 Å².